The molecule has 0 saturated heterocycles. The largest absolute Gasteiger partial charge is 0.370 e. The average Bonchev–Trinajstić information content (AvgIpc) is 2.14. The molecule has 0 aliphatic carbocycles. The predicted octanol–water partition coefficient (Wildman–Crippen LogP) is 1.71. The maximum Gasteiger partial charge on any atom is 0.219 e. The molecule has 0 aromatic heterocycles. The van der Waals surface area contributed by atoms with Crippen molar-refractivity contribution in [3.63, 3.8) is 0 Å². The van der Waals surface area contributed by atoms with E-state index in [0.29, 0.717) is 5.56 Å². The van der Waals surface area contributed by atoms with Crippen molar-refractivity contribution in [2.45, 2.75) is 32.4 Å². The number of hydrogen-bond acceptors (Lipinski definition) is 2. The molecule has 17 heavy (non-hydrogen) atoms. The Bertz CT molecular complexity index is 419. The van der Waals surface area contributed by atoms with Crippen LogP contribution in [0.15, 0.2) is 18.2 Å². The van der Waals surface area contributed by atoms with E-state index >= 15 is 0 Å². The van der Waals surface area contributed by atoms with Gasteiger partial charge in [0.25, 0.3) is 0 Å². The van der Waals surface area contributed by atoms with Gasteiger partial charge < -0.3 is 11.1 Å². The van der Waals surface area contributed by atoms with E-state index in [2.05, 4.69) is 5.32 Å². The molecule has 3 N–H and O–H groups in total. The van der Waals surface area contributed by atoms with Crippen LogP contribution in [0.4, 0.5) is 8.78 Å². The summed E-state index contributed by atoms with van der Waals surface area (Å²) in [6.07, 6.45) is 0.149. The first kappa shape index (κ1) is 13.6. The maximum absolute atomic E-state index is 13.3. The summed E-state index contributed by atoms with van der Waals surface area (Å²) in [7, 11) is 0. The number of carbonyl (C=O) groups excluding carboxylic acids is 1. The van der Waals surface area contributed by atoms with Gasteiger partial charge >= 0.3 is 0 Å². The predicted molar refractivity (Wildman–Crippen MR) is 61.1 cm³/mol. The second kappa shape index (κ2) is 5.23. The Morgan fingerprint density at radius 3 is 2.59 bits per heavy atom. The second-order valence-electron chi connectivity index (χ2n) is 4.62. The van der Waals surface area contributed by atoms with Gasteiger partial charge in [-0.15, -0.1) is 0 Å². The summed E-state index contributed by atoms with van der Waals surface area (Å²) < 4.78 is 26.0. The van der Waals surface area contributed by atoms with Crippen LogP contribution in [0.25, 0.3) is 0 Å². The maximum atomic E-state index is 13.3. The highest BCUT2D eigenvalue weighted by Gasteiger charge is 2.20. The molecule has 0 atom stereocenters. The van der Waals surface area contributed by atoms with E-state index in [1.807, 2.05) is 0 Å². The molecule has 0 spiro atoms. The van der Waals surface area contributed by atoms with Gasteiger partial charge in [0.2, 0.25) is 5.91 Å². The van der Waals surface area contributed by atoms with Crippen LogP contribution < -0.4 is 11.1 Å². The normalized spacial score (nSPS) is 11.5. The fourth-order valence-electron chi connectivity index (χ4n) is 1.50. The van der Waals surface area contributed by atoms with Gasteiger partial charge in [-0.3, -0.25) is 4.79 Å². The third-order valence-corrected chi connectivity index (χ3v) is 2.39. The van der Waals surface area contributed by atoms with Gasteiger partial charge in [0.1, 0.15) is 11.6 Å². The van der Waals surface area contributed by atoms with Crippen LogP contribution in [0.2, 0.25) is 0 Å². The lowest BCUT2D eigenvalue weighted by Crippen LogP contribution is -2.42. The van der Waals surface area contributed by atoms with Crippen molar-refractivity contribution < 1.29 is 13.6 Å². The van der Waals surface area contributed by atoms with Crippen LogP contribution in [0.1, 0.15) is 25.8 Å². The molecule has 1 aromatic carbocycles. The zero-order valence-electron chi connectivity index (χ0n) is 9.89. The summed E-state index contributed by atoms with van der Waals surface area (Å²) >= 11 is 0. The molecule has 0 heterocycles. The van der Waals surface area contributed by atoms with Gasteiger partial charge in [-0.1, -0.05) is 6.07 Å². The van der Waals surface area contributed by atoms with Crippen molar-refractivity contribution in [3.8, 4) is 0 Å². The van der Waals surface area contributed by atoms with E-state index < -0.39 is 23.1 Å². The molecule has 1 rings (SSSR count). The van der Waals surface area contributed by atoms with Crippen molar-refractivity contribution in [1.29, 1.82) is 0 Å². The SMILES string of the molecule is CC(C)(CC(N)=O)NCc1ccc(F)cc1F. The fraction of sp³-hybridized carbons (Fsp3) is 0.417. The minimum absolute atomic E-state index is 0.149. The number of nitrogens with two attached hydrogens (primary N) is 1. The van der Waals surface area contributed by atoms with Crippen molar-refractivity contribution in [3.05, 3.63) is 35.4 Å². The number of nitrogens with one attached hydrogen (secondary N) is 1. The van der Waals surface area contributed by atoms with Gasteiger partial charge in [-0.25, -0.2) is 8.78 Å². The molecule has 0 aliphatic heterocycles. The minimum Gasteiger partial charge on any atom is -0.370 e. The highest BCUT2D eigenvalue weighted by molar-refractivity contribution is 5.74. The van der Waals surface area contributed by atoms with E-state index in [4.69, 9.17) is 5.73 Å². The Hall–Kier alpha value is -1.49. The summed E-state index contributed by atoms with van der Waals surface area (Å²) in [5.41, 5.74) is 4.92. The molecule has 0 radical (unpaired) electrons. The summed E-state index contributed by atoms with van der Waals surface area (Å²) in [6, 6.07) is 3.40. The third-order valence-electron chi connectivity index (χ3n) is 2.39. The van der Waals surface area contributed by atoms with E-state index in [1.54, 1.807) is 13.8 Å². The van der Waals surface area contributed by atoms with Crippen molar-refractivity contribution in [2.75, 3.05) is 0 Å². The summed E-state index contributed by atoms with van der Waals surface area (Å²) in [6.45, 7) is 3.80. The third kappa shape index (κ3) is 4.48. The molecular formula is C12H16F2N2O. The molecule has 0 unspecified atom stereocenters. The molecule has 5 heteroatoms. The number of carbonyl (C=O) groups is 1. The van der Waals surface area contributed by atoms with E-state index in [-0.39, 0.29) is 13.0 Å². The molecule has 0 aliphatic rings. The topological polar surface area (TPSA) is 55.1 Å². The molecule has 0 bridgehead atoms. The first-order chi connectivity index (χ1) is 7.80. The van der Waals surface area contributed by atoms with Crippen LogP contribution in [0, 0.1) is 11.6 Å². The first-order valence-corrected chi connectivity index (χ1v) is 5.27. The van der Waals surface area contributed by atoms with Gasteiger partial charge in [0.05, 0.1) is 0 Å². The molecule has 1 amide bonds. The van der Waals surface area contributed by atoms with Gasteiger partial charge in [0, 0.05) is 30.1 Å². The molecular weight excluding hydrogens is 226 g/mol. The monoisotopic (exact) mass is 242 g/mol. The van der Waals surface area contributed by atoms with Gasteiger partial charge in [-0.05, 0) is 19.9 Å². The van der Waals surface area contributed by atoms with Crippen LogP contribution in [0.3, 0.4) is 0 Å². The number of benzene rings is 1. The quantitative estimate of drug-likeness (QED) is 0.825. The number of rotatable bonds is 5. The van der Waals surface area contributed by atoms with E-state index in [1.165, 1.54) is 12.1 Å². The number of primary amides is 1. The Balaban J connectivity index is 2.64. The fourth-order valence-corrected chi connectivity index (χ4v) is 1.50. The molecule has 94 valence electrons. The summed E-state index contributed by atoms with van der Waals surface area (Å²) in [5, 5.41) is 3.00. The smallest absolute Gasteiger partial charge is 0.219 e. The lowest BCUT2D eigenvalue weighted by atomic mass is 10.00. The lowest BCUT2D eigenvalue weighted by molar-refractivity contribution is -0.119. The van der Waals surface area contributed by atoms with Crippen molar-refractivity contribution in [2.24, 2.45) is 5.73 Å². The Labute approximate surface area is 99.0 Å². The molecule has 0 fully saturated rings. The van der Waals surface area contributed by atoms with Gasteiger partial charge in [-0.2, -0.15) is 0 Å². The number of halogens is 2. The Kier molecular flexibility index (Phi) is 4.17. The zero-order chi connectivity index (χ0) is 13.1. The minimum atomic E-state index is -0.609. The Morgan fingerprint density at radius 2 is 2.06 bits per heavy atom. The lowest BCUT2D eigenvalue weighted by Gasteiger charge is -2.25. The highest BCUT2D eigenvalue weighted by atomic mass is 19.1. The van der Waals surface area contributed by atoms with Crippen LogP contribution >= 0.6 is 0 Å². The summed E-state index contributed by atoms with van der Waals surface area (Å²) in [4.78, 5) is 10.8. The van der Waals surface area contributed by atoms with Gasteiger partial charge in [0.15, 0.2) is 0 Å². The molecule has 3 nitrogen and oxygen atoms in total. The molecule has 0 saturated carbocycles. The number of amides is 1. The van der Waals surface area contributed by atoms with Crippen molar-refractivity contribution in [1.82, 2.24) is 5.32 Å². The highest BCUT2D eigenvalue weighted by Crippen LogP contribution is 2.13. The van der Waals surface area contributed by atoms with Crippen LogP contribution in [-0.4, -0.2) is 11.4 Å². The average molecular weight is 242 g/mol. The first-order valence-electron chi connectivity index (χ1n) is 5.27. The van der Waals surface area contributed by atoms with Crippen LogP contribution in [0.5, 0.6) is 0 Å². The standard InChI is InChI=1S/C12H16F2N2O/c1-12(2,6-11(15)17)16-7-8-3-4-9(13)5-10(8)14/h3-5,16H,6-7H2,1-2H3,(H2,15,17). The second-order valence-corrected chi connectivity index (χ2v) is 4.62. The number of hydrogen-bond donors (Lipinski definition) is 2. The Morgan fingerprint density at radius 1 is 1.41 bits per heavy atom. The van der Waals surface area contributed by atoms with Crippen LogP contribution in [-0.2, 0) is 11.3 Å². The van der Waals surface area contributed by atoms with E-state index in [9.17, 15) is 13.6 Å². The summed E-state index contributed by atoms with van der Waals surface area (Å²) in [5.74, 6) is -1.64. The zero-order valence-corrected chi connectivity index (χ0v) is 9.89. The molecule has 1 aromatic rings. The van der Waals surface area contributed by atoms with E-state index in [0.717, 1.165) is 6.07 Å². The van der Waals surface area contributed by atoms with Crippen molar-refractivity contribution >= 4 is 5.91 Å².